The molecule has 2 amide bonds. The minimum atomic E-state index is -0.629. The number of carbonyl (C=O) groups excluding carboxylic acids is 3. The number of nitrogens with zero attached hydrogens (tertiary/aromatic N) is 1. The van der Waals surface area contributed by atoms with Crippen molar-refractivity contribution < 1.29 is 19.1 Å². The molecule has 0 radical (unpaired) electrons. The van der Waals surface area contributed by atoms with Crippen molar-refractivity contribution in [3.8, 4) is 0 Å². The summed E-state index contributed by atoms with van der Waals surface area (Å²) in [7, 11) is 0. The quantitative estimate of drug-likeness (QED) is 0.616. The minimum absolute atomic E-state index is 0.0214. The zero-order chi connectivity index (χ0) is 17.3. The number of esters is 1. The Morgan fingerprint density at radius 3 is 2.04 bits per heavy atom. The van der Waals surface area contributed by atoms with Gasteiger partial charge in [-0.15, -0.1) is 0 Å². The van der Waals surface area contributed by atoms with Crippen LogP contribution >= 0.6 is 23.2 Å². The maximum atomic E-state index is 12.2. The molecule has 0 bridgehead atoms. The fraction of sp³-hybridized carbons (Fsp3) is 0.118. The number of benzene rings is 2. The predicted molar refractivity (Wildman–Crippen MR) is 88.6 cm³/mol. The Morgan fingerprint density at radius 2 is 1.50 bits per heavy atom. The predicted octanol–water partition coefficient (Wildman–Crippen LogP) is 3.45. The summed E-state index contributed by atoms with van der Waals surface area (Å²) in [4.78, 5) is 37.4. The number of hydrogen-bond acceptors (Lipinski definition) is 4. The number of ether oxygens (including phenoxy) is 1. The highest BCUT2D eigenvalue weighted by Crippen LogP contribution is 2.22. The molecule has 3 rings (SSSR count). The van der Waals surface area contributed by atoms with E-state index in [1.807, 2.05) is 0 Å². The molecule has 24 heavy (non-hydrogen) atoms. The normalized spacial score (nSPS) is 13.2. The first kappa shape index (κ1) is 16.5. The lowest BCUT2D eigenvalue weighted by atomic mass is 10.1. The molecule has 0 saturated carbocycles. The molecule has 0 aliphatic carbocycles. The fourth-order valence-electron chi connectivity index (χ4n) is 2.43. The number of carbonyl (C=O) groups is 3. The first-order chi connectivity index (χ1) is 11.5. The summed E-state index contributed by atoms with van der Waals surface area (Å²) in [6.07, 6.45) is 0. The monoisotopic (exact) mass is 363 g/mol. The van der Waals surface area contributed by atoms with Gasteiger partial charge in [0, 0.05) is 10.0 Å². The van der Waals surface area contributed by atoms with Gasteiger partial charge in [0.25, 0.3) is 11.8 Å². The second-order valence-electron chi connectivity index (χ2n) is 5.10. The van der Waals surface area contributed by atoms with Crippen molar-refractivity contribution in [2.75, 3.05) is 13.2 Å². The van der Waals surface area contributed by atoms with Gasteiger partial charge in [0.2, 0.25) is 0 Å². The third kappa shape index (κ3) is 3.13. The molecular formula is C17H11Cl2NO4. The SMILES string of the molecule is O=C(OCCN1C(=O)c2ccccc2C1=O)c1cc(Cl)cc(Cl)c1. The van der Waals surface area contributed by atoms with E-state index in [4.69, 9.17) is 27.9 Å². The Kier molecular flexibility index (Phi) is 4.55. The van der Waals surface area contributed by atoms with Crippen LogP contribution < -0.4 is 0 Å². The van der Waals surface area contributed by atoms with E-state index in [0.29, 0.717) is 21.2 Å². The van der Waals surface area contributed by atoms with E-state index < -0.39 is 17.8 Å². The minimum Gasteiger partial charge on any atom is -0.460 e. The Labute approximate surface area is 147 Å². The first-order valence-electron chi connectivity index (χ1n) is 7.06. The smallest absolute Gasteiger partial charge is 0.338 e. The van der Waals surface area contributed by atoms with Gasteiger partial charge in [0.15, 0.2) is 0 Å². The van der Waals surface area contributed by atoms with Gasteiger partial charge in [0.1, 0.15) is 6.61 Å². The zero-order valence-corrected chi connectivity index (χ0v) is 13.8. The van der Waals surface area contributed by atoms with Crippen LogP contribution in [-0.2, 0) is 4.74 Å². The largest absolute Gasteiger partial charge is 0.460 e. The summed E-state index contributed by atoms with van der Waals surface area (Å²) in [5.41, 5.74) is 0.917. The second kappa shape index (κ2) is 6.63. The highest BCUT2D eigenvalue weighted by molar-refractivity contribution is 6.35. The molecule has 5 nitrogen and oxygen atoms in total. The molecule has 0 unspecified atom stereocenters. The third-order valence-corrected chi connectivity index (χ3v) is 3.96. The lowest BCUT2D eigenvalue weighted by molar-refractivity contribution is 0.0420. The summed E-state index contributed by atoms with van der Waals surface area (Å²) < 4.78 is 5.09. The highest BCUT2D eigenvalue weighted by Gasteiger charge is 2.34. The van der Waals surface area contributed by atoms with E-state index in [-0.39, 0.29) is 18.7 Å². The van der Waals surface area contributed by atoms with E-state index in [9.17, 15) is 14.4 Å². The van der Waals surface area contributed by atoms with Crippen molar-refractivity contribution >= 4 is 41.0 Å². The number of hydrogen-bond donors (Lipinski definition) is 0. The molecule has 7 heteroatoms. The van der Waals surface area contributed by atoms with E-state index >= 15 is 0 Å². The van der Waals surface area contributed by atoms with Gasteiger partial charge in [-0.25, -0.2) is 4.79 Å². The number of rotatable bonds is 4. The van der Waals surface area contributed by atoms with Crippen molar-refractivity contribution in [1.82, 2.24) is 4.90 Å². The van der Waals surface area contributed by atoms with Gasteiger partial charge < -0.3 is 4.74 Å². The van der Waals surface area contributed by atoms with Crippen LogP contribution in [0, 0.1) is 0 Å². The summed E-state index contributed by atoms with van der Waals surface area (Å²) in [5, 5.41) is 0.629. The molecule has 1 aliphatic rings. The van der Waals surface area contributed by atoms with Crippen LogP contribution in [0.5, 0.6) is 0 Å². The molecule has 0 atom stereocenters. The summed E-state index contributed by atoms with van der Waals surface area (Å²) >= 11 is 11.7. The second-order valence-corrected chi connectivity index (χ2v) is 5.97. The Balaban J connectivity index is 1.62. The van der Waals surface area contributed by atoms with Crippen LogP contribution in [0.1, 0.15) is 31.1 Å². The average Bonchev–Trinajstić information content (AvgIpc) is 2.79. The van der Waals surface area contributed by atoms with Gasteiger partial charge >= 0.3 is 5.97 Å². The van der Waals surface area contributed by atoms with Gasteiger partial charge in [-0.3, -0.25) is 14.5 Å². The van der Waals surface area contributed by atoms with Crippen LogP contribution in [0.25, 0.3) is 0 Å². The van der Waals surface area contributed by atoms with Crippen molar-refractivity contribution in [3.05, 3.63) is 69.2 Å². The van der Waals surface area contributed by atoms with E-state index in [1.54, 1.807) is 24.3 Å². The van der Waals surface area contributed by atoms with Crippen LogP contribution in [-0.4, -0.2) is 35.8 Å². The Bertz CT molecular complexity index is 795. The highest BCUT2D eigenvalue weighted by atomic mass is 35.5. The number of fused-ring (bicyclic) bond motifs is 1. The molecule has 1 aliphatic heterocycles. The summed E-state index contributed by atoms with van der Waals surface area (Å²) in [5.74, 6) is -1.41. The van der Waals surface area contributed by atoms with Gasteiger partial charge in [-0.05, 0) is 30.3 Å². The first-order valence-corrected chi connectivity index (χ1v) is 7.81. The summed E-state index contributed by atoms with van der Waals surface area (Å²) in [6.45, 7) is -0.138. The van der Waals surface area contributed by atoms with Crippen LogP contribution in [0.15, 0.2) is 42.5 Å². The lowest BCUT2D eigenvalue weighted by Crippen LogP contribution is -2.33. The number of imide groups is 1. The van der Waals surface area contributed by atoms with Crippen molar-refractivity contribution in [2.24, 2.45) is 0 Å². The van der Waals surface area contributed by atoms with Crippen molar-refractivity contribution in [1.29, 1.82) is 0 Å². The Hall–Kier alpha value is -2.37. The molecule has 0 N–H and O–H groups in total. The molecule has 0 spiro atoms. The van der Waals surface area contributed by atoms with E-state index in [2.05, 4.69) is 0 Å². The van der Waals surface area contributed by atoms with Crippen LogP contribution in [0.4, 0.5) is 0 Å². The van der Waals surface area contributed by atoms with Crippen molar-refractivity contribution in [3.63, 3.8) is 0 Å². The molecule has 2 aromatic rings. The van der Waals surface area contributed by atoms with E-state index in [0.717, 1.165) is 4.90 Å². The molecular weight excluding hydrogens is 353 g/mol. The van der Waals surface area contributed by atoms with Crippen molar-refractivity contribution in [2.45, 2.75) is 0 Å². The van der Waals surface area contributed by atoms with E-state index in [1.165, 1.54) is 18.2 Å². The van der Waals surface area contributed by atoms with Gasteiger partial charge in [-0.2, -0.15) is 0 Å². The zero-order valence-electron chi connectivity index (χ0n) is 12.3. The lowest BCUT2D eigenvalue weighted by Gasteiger charge is -2.13. The summed E-state index contributed by atoms with van der Waals surface area (Å²) in [6, 6.07) is 10.9. The van der Waals surface area contributed by atoms with Gasteiger partial charge in [0.05, 0.1) is 23.2 Å². The van der Waals surface area contributed by atoms with Crippen LogP contribution in [0.2, 0.25) is 10.0 Å². The molecule has 2 aromatic carbocycles. The third-order valence-electron chi connectivity index (χ3n) is 3.52. The average molecular weight is 364 g/mol. The number of amides is 2. The topological polar surface area (TPSA) is 63.7 Å². The molecule has 0 aromatic heterocycles. The molecule has 0 fully saturated rings. The fourth-order valence-corrected chi connectivity index (χ4v) is 2.95. The molecule has 0 saturated heterocycles. The molecule has 1 heterocycles. The van der Waals surface area contributed by atoms with Crippen LogP contribution in [0.3, 0.4) is 0 Å². The number of halogens is 2. The molecule has 122 valence electrons. The Morgan fingerprint density at radius 1 is 0.958 bits per heavy atom. The van der Waals surface area contributed by atoms with Gasteiger partial charge in [-0.1, -0.05) is 35.3 Å². The standard InChI is InChI=1S/C17H11Cl2NO4/c18-11-7-10(8-12(19)9-11)17(23)24-6-5-20-15(21)13-3-1-2-4-14(13)16(20)22/h1-4,7-9H,5-6H2. The maximum Gasteiger partial charge on any atom is 0.338 e. The maximum absolute atomic E-state index is 12.2.